The highest BCUT2D eigenvalue weighted by atomic mass is 16.5. The van der Waals surface area contributed by atoms with Crippen molar-refractivity contribution in [2.45, 2.75) is 38.3 Å². The Kier molecular flexibility index (Phi) is 4.26. The maximum Gasteiger partial charge on any atom is 0.120 e. The van der Waals surface area contributed by atoms with Gasteiger partial charge in [0, 0.05) is 0 Å². The van der Waals surface area contributed by atoms with Crippen LogP contribution in [0.25, 0.3) is 0 Å². The number of nitrogens with one attached hydrogen (secondary N) is 1. The van der Waals surface area contributed by atoms with Gasteiger partial charge in [-0.3, -0.25) is 0 Å². The van der Waals surface area contributed by atoms with Crippen molar-refractivity contribution in [1.82, 2.24) is 5.32 Å². The van der Waals surface area contributed by atoms with Gasteiger partial charge in [-0.2, -0.15) is 0 Å². The highest BCUT2D eigenvalue weighted by Crippen LogP contribution is 2.31. The highest BCUT2D eigenvalue weighted by Gasteiger charge is 2.27. The number of benzene rings is 2. The summed E-state index contributed by atoms with van der Waals surface area (Å²) in [5.41, 5.74) is 4.07. The fraction of sp³-hybridized carbons (Fsp3) is 0.368. The fourth-order valence-electron chi connectivity index (χ4n) is 3.26. The molecule has 0 aromatic heterocycles. The molecule has 0 aliphatic heterocycles. The van der Waals surface area contributed by atoms with E-state index in [0.29, 0.717) is 0 Å². The van der Waals surface area contributed by atoms with E-state index in [2.05, 4.69) is 60.8 Å². The minimum Gasteiger partial charge on any atom is -0.488 e. The third-order valence-corrected chi connectivity index (χ3v) is 4.28. The lowest BCUT2D eigenvalue weighted by molar-refractivity contribution is 0.148. The van der Waals surface area contributed by atoms with Crippen molar-refractivity contribution in [3.8, 4) is 5.75 Å². The molecule has 0 saturated heterocycles. The van der Waals surface area contributed by atoms with Crippen LogP contribution in [0.15, 0.2) is 48.5 Å². The van der Waals surface area contributed by atoms with Gasteiger partial charge in [0.05, 0.1) is 6.04 Å². The smallest absolute Gasteiger partial charge is 0.120 e. The minimum atomic E-state index is 0.181. The number of hydrogen-bond donors (Lipinski definition) is 1. The largest absolute Gasteiger partial charge is 0.488 e. The van der Waals surface area contributed by atoms with Gasteiger partial charge in [0.1, 0.15) is 11.9 Å². The molecule has 2 unspecified atom stereocenters. The number of fused-ring (bicyclic) bond motifs is 1. The van der Waals surface area contributed by atoms with Crippen LogP contribution < -0.4 is 10.1 Å². The zero-order valence-corrected chi connectivity index (χ0v) is 12.8. The molecule has 0 saturated carbocycles. The lowest BCUT2D eigenvalue weighted by atomic mass is 9.98. The van der Waals surface area contributed by atoms with Crippen LogP contribution in [0, 0.1) is 6.92 Å². The third-order valence-electron chi connectivity index (χ3n) is 4.28. The van der Waals surface area contributed by atoms with Crippen molar-refractivity contribution in [3.05, 3.63) is 65.2 Å². The molecule has 0 amide bonds. The third kappa shape index (κ3) is 3.11. The zero-order chi connectivity index (χ0) is 14.7. The quantitative estimate of drug-likeness (QED) is 0.857. The number of rotatable bonds is 3. The van der Waals surface area contributed by atoms with Gasteiger partial charge in [-0.15, -0.1) is 0 Å². The van der Waals surface area contributed by atoms with Gasteiger partial charge >= 0.3 is 0 Å². The fourth-order valence-corrected chi connectivity index (χ4v) is 3.26. The van der Waals surface area contributed by atoms with Crippen LogP contribution in [0.2, 0.25) is 0 Å². The first-order valence-electron chi connectivity index (χ1n) is 7.76. The normalized spacial score (nSPS) is 21.4. The van der Waals surface area contributed by atoms with Crippen molar-refractivity contribution < 1.29 is 4.74 Å². The van der Waals surface area contributed by atoms with E-state index in [0.717, 1.165) is 18.6 Å². The summed E-state index contributed by atoms with van der Waals surface area (Å²) in [7, 11) is 2.03. The summed E-state index contributed by atoms with van der Waals surface area (Å²) >= 11 is 0. The summed E-state index contributed by atoms with van der Waals surface area (Å²) in [5.74, 6) is 0.972. The van der Waals surface area contributed by atoms with Crippen molar-refractivity contribution in [2.24, 2.45) is 0 Å². The predicted octanol–water partition coefficient (Wildman–Crippen LogP) is 4.04. The Morgan fingerprint density at radius 3 is 2.76 bits per heavy atom. The van der Waals surface area contributed by atoms with E-state index >= 15 is 0 Å². The van der Waals surface area contributed by atoms with Gasteiger partial charge in [0.2, 0.25) is 0 Å². The summed E-state index contributed by atoms with van der Waals surface area (Å²) in [6.07, 6.45) is 3.57. The molecular weight excluding hydrogens is 258 g/mol. The van der Waals surface area contributed by atoms with Crippen LogP contribution in [0.4, 0.5) is 0 Å². The van der Waals surface area contributed by atoms with Gasteiger partial charge in [0.25, 0.3) is 0 Å². The Labute approximate surface area is 127 Å². The summed E-state index contributed by atoms with van der Waals surface area (Å²) in [4.78, 5) is 0. The Morgan fingerprint density at radius 1 is 1.10 bits per heavy atom. The highest BCUT2D eigenvalue weighted by molar-refractivity contribution is 5.33. The molecular formula is C19H23NO. The van der Waals surface area contributed by atoms with Crippen molar-refractivity contribution >= 4 is 0 Å². The molecule has 0 fully saturated rings. The second-order valence-electron chi connectivity index (χ2n) is 5.83. The first kappa shape index (κ1) is 14.2. The molecule has 0 radical (unpaired) electrons. The molecule has 3 rings (SSSR count). The van der Waals surface area contributed by atoms with Crippen LogP contribution in [0.1, 0.15) is 35.6 Å². The van der Waals surface area contributed by atoms with Gasteiger partial charge in [-0.1, -0.05) is 36.4 Å². The van der Waals surface area contributed by atoms with E-state index in [4.69, 9.17) is 4.74 Å². The summed E-state index contributed by atoms with van der Waals surface area (Å²) in [6, 6.07) is 17.3. The molecule has 21 heavy (non-hydrogen) atoms. The number of aryl methyl sites for hydroxylation is 2. The molecule has 0 bridgehead atoms. The Bertz CT molecular complexity index is 608. The molecule has 2 atom stereocenters. The van der Waals surface area contributed by atoms with Crippen molar-refractivity contribution in [2.75, 3.05) is 7.05 Å². The molecule has 1 N–H and O–H groups in total. The van der Waals surface area contributed by atoms with Gasteiger partial charge < -0.3 is 10.1 Å². The first-order valence-corrected chi connectivity index (χ1v) is 7.76. The molecule has 2 heteroatoms. The number of hydrogen-bond acceptors (Lipinski definition) is 2. The summed E-state index contributed by atoms with van der Waals surface area (Å²) in [5, 5.41) is 3.46. The maximum atomic E-state index is 6.31. The average Bonchev–Trinajstić information content (AvgIpc) is 2.66. The zero-order valence-electron chi connectivity index (χ0n) is 12.8. The van der Waals surface area contributed by atoms with Gasteiger partial charge in [-0.25, -0.2) is 0 Å². The first-order chi connectivity index (χ1) is 10.3. The molecule has 1 aliphatic rings. The van der Waals surface area contributed by atoms with Crippen LogP contribution >= 0.6 is 0 Å². The van der Waals surface area contributed by atoms with E-state index in [9.17, 15) is 0 Å². The second-order valence-corrected chi connectivity index (χ2v) is 5.83. The monoisotopic (exact) mass is 281 g/mol. The number of likely N-dealkylation sites (N-methyl/N-ethyl adjacent to an activating group) is 1. The lowest BCUT2D eigenvalue weighted by Crippen LogP contribution is -2.33. The SMILES string of the molecule is CNC1c2ccccc2CCCC1Oc1cccc(C)c1. The molecule has 0 heterocycles. The topological polar surface area (TPSA) is 21.3 Å². The molecule has 0 spiro atoms. The summed E-state index contributed by atoms with van der Waals surface area (Å²) in [6.45, 7) is 2.10. The molecule has 1 aliphatic carbocycles. The minimum absolute atomic E-state index is 0.181. The molecule has 2 nitrogen and oxygen atoms in total. The number of ether oxygens (including phenoxy) is 1. The average molecular weight is 281 g/mol. The van der Waals surface area contributed by atoms with Gasteiger partial charge in [-0.05, 0) is 62.1 Å². The lowest BCUT2D eigenvalue weighted by Gasteiger charge is -2.27. The maximum absolute atomic E-state index is 6.31. The van der Waals surface area contributed by atoms with Crippen molar-refractivity contribution in [3.63, 3.8) is 0 Å². The van der Waals surface area contributed by atoms with Crippen LogP contribution in [0.5, 0.6) is 5.75 Å². The van der Waals surface area contributed by atoms with E-state index in [1.54, 1.807) is 0 Å². The van der Waals surface area contributed by atoms with E-state index < -0.39 is 0 Å². The van der Waals surface area contributed by atoms with E-state index in [1.165, 1.54) is 23.1 Å². The van der Waals surface area contributed by atoms with Crippen LogP contribution in [-0.4, -0.2) is 13.2 Å². The summed E-state index contributed by atoms with van der Waals surface area (Å²) < 4.78 is 6.31. The van der Waals surface area contributed by atoms with E-state index in [1.807, 2.05) is 7.05 Å². The molecule has 2 aromatic carbocycles. The van der Waals surface area contributed by atoms with Crippen LogP contribution in [0.3, 0.4) is 0 Å². The van der Waals surface area contributed by atoms with E-state index in [-0.39, 0.29) is 12.1 Å². The standard InChI is InChI=1S/C19H23NO/c1-14-7-5-10-16(13-14)21-18-12-6-9-15-8-3-4-11-17(15)19(18)20-2/h3-5,7-8,10-11,13,18-20H,6,9,12H2,1-2H3. The Balaban J connectivity index is 1.88. The Hall–Kier alpha value is -1.80. The van der Waals surface area contributed by atoms with Crippen LogP contribution in [-0.2, 0) is 6.42 Å². The molecule has 110 valence electrons. The second kappa shape index (κ2) is 6.31. The van der Waals surface area contributed by atoms with Gasteiger partial charge in [0.15, 0.2) is 0 Å². The molecule has 2 aromatic rings. The van der Waals surface area contributed by atoms with Crippen molar-refractivity contribution in [1.29, 1.82) is 0 Å². The predicted molar refractivity (Wildman–Crippen MR) is 86.8 cm³/mol. The Morgan fingerprint density at radius 2 is 1.95 bits per heavy atom.